The number of aryl methyl sites for hydroxylation is 3. The molecule has 1 aliphatic rings. The highest BCUT2D eigenvalue weighted by Gasteiger charge is 2.30. The third-order valence-electron chi connectivity index (χ3n) is 5.22. The van der Waals surface area contributed by atoms with E-state index in [-0.39, 0.29) is 17.2 Å². The van der Waals surface area contributed by atoms with Crippen molar-refractivity contribution in [1.29, 1.82) is 0 Å². The molecule has 0 aliphatic carbocycles. The molecule has 0 saturated heterocycles. The standard InChI is InChI=1S/C25H21NO5/c1-15-7-8-16(2)19(9-15)14-30-21-10-17(3)24-22(13-21)31-23(25(24)27)12-18-5-4-6-20(11-18)26(28)29/h4-13H,14H2,1-3H3/b23-12-. The zero-order valence-corrected chi connectivity index (χ0v) is 17.5. The molecule has 0 aromatic heterocycles. The summed E-state index contributed by atoms with van der Waals surface area (Å²) < 4.78 is 11.8. The topological polar surface area (TPSA) is 78.7 Å². The molecule has 156 valence electrons. The van der Waals surface area contributed by atoms with E-state index < -0.39 is 4.92 Å². The van der Waals surface area contributed by atoms with Gasteiger partial charge >= 0.3 is 0 Å². The summed E-state index contributed by atoms with van der Waals surface area (Å²) in [5.41, 5.74) is 5.12. The van der Waals surface area contributed by atoms with Crippen LogP contribution >= 0.6 is 0 Å². The fraction of sp³-hybridized carbons (Fsp3) is 0.160. The Morgan fingerprint density at radius 3 is 2.61 bits per heavy atom. The molecular weight excluding hydrogens is 394 g/mol. The lowest BCUT2D eigenvalue weighted by Crippen LogP contribution is -2.01. The molecule has 0 bridgehead atoms. The van der Waals surface area contributed by atoms with Crippen LogP contribution in [0.1, 0.15) is 38.2 Å². The molecule has 0 amide bonds. The average Bonchev–Trinajstić information content (AvgIpc) is 3.04. The summed E-state index contributed by atoms with van der Waals surface area (Å²) in [4.78, 5) is 23.4. The van der Waals surface area contributed by atoms with Crippen LogP contribution in [0, 0.1) is 30.9 Å². The van der Waals surface area contributed by atoms with Crippen molar-refractivity contribution in [3.63, 3.8) is 0 Å². The fourth-order valence-corrected chi connectivity index (χ4v) is 3.56. The Morgan fingerprint density at radius 2 is 1.84 bits per heavy atom. The van der Waals surface area contributed by atoms with Gasteiger partial charge in [-0.3, -0.25) is 14.9 Å². The third kappa shape index (κ3) is 4.19. The van der Waals surface area contributed by atoms with Gasteiger partial charge in [0.1, 0.15) is 18.1 Å². The fourth-order valence-electron chi connectivity index (χ4n) is 3.56. The number of nitro groups is 1. The van der Waals surface area contributed by atoms with Crippen molar-refractivity contribution in [3.8, 4) is 11.5 Å². The predicted octanol–water partition coefficient (Wildman–Crippen LogP) is 5.72. The lowest BCUT2D eigenvalue weighted by atomic mass is 10.0. The Balaban J connectivity index is 1.58. The second-order valence-electron chi connectivity index (χ2n) is 7.62. The molecule has 0 unspecified atom stereocenters. The van der Waals surface area contributed by atoms with Gasteiger partial charge in [0.2, 0.25) is 5.78 Å². The number of carbonyl (C=O) groups is 1. The highest BCUT2D eigenvalue weighted by molar-refractivity contribution is 6.15. The van der Waals surface area contributed by atoms with Crippen molar-refractivity contribution in [2.24, 2.45) is 0 Å². The van der Waals surface area contributed by atoms with E-state index in [1.165, 1.54) is 23.8 Å². The minimum atomic E-state index is -0.474. The molecule has 3 aromatic rings. The third-order valence-corrected chi connectivity index (χ3v) is 5.22. The summed E-state index contributed by atoms with van der Waals surface area (Å²) in [6.07, 6.45) is 1.52. The minimum Gasteiger partial charge on any atom is -0.489 e. The van der Waals surface area contributed by atoms with E-state index in [1.807, 2.05) is 26.8 Å². The van der Waals surface area contributed by atoms with E-state index in [1.54, 1.807) is 18.2 Å². The number of ketones is 1. The van der Waals surface area contributed by atoms with Gasteiger partial charge in [-0.1, -0.05) is 35.9 Å². The molecule has 0 fully saturated rings. The maximum Gasteiger partial charge on any atom is 0.270 e. The molecule has 0 saturated carbocycles. The van der Waals surface area contributed by atoms with Crippen LogP contribution in [0.4, 0.5) is 5.69 Å². The van der Waals surface area contributed by atoms with E-state index in [0.717, 1.165) is 16.7 Å². The van der Waals surface area contributed by atoms with Crippen molar-refractivity contribution < 1.29 is 19.2 Å². The summed E-state index contributed by atoms with van der Waals surface area (Å²) >= 11 is 0. The summed E-state index contributed by atoms with van der Waals surface area (Å²) in [7, 11) is 0. The second kappa shape index (κ2) is 8.07. The van der Waals surface area contributed by atoms with E-state index in [2.05, 4.69) is 18.2 Å². The first-order chi connectivity index (χ1) is 14.8. The number of nitro benzene ring substituents is 1. The maximum absolute atomic E-state index is 12.8. The first-order valence-corrected chi connectivity index (χ1v) is 9.84. The Kier molecular flexibility index (Phi) is 5.29. The van der Waals surface area contributed by atoms with Crippen molar-refractivity contribution >= 4 is 17.5 Å². The molecule has 1 heterocycles. The van der Waals surface area contributed by atoms with Gasteiger partial charge in [0, 0.05) is 18.2 Å². The molecule has 0 atom stereocenters. The van der Waals surface area contributed by atoms with E-state index in [4.69, 9.17) is 9.47 Å². The van der Waals surface area contributed by atoms with Crippen LogP contribution in [0.3, 0.4) is 0 Å². The normalized spacial score (nSPS) is 13.8. The second-order valence-corrected chi connectivity index (χ2v) is 7.62. The first-order valence-electron chi connectivity index (χ1n) is 9.84. The number of ether oxygens (including phenoxy) is 2. The van der Waals surface area contributed by atoms with Crippen LogP contribution in [0.2, 0.25) is 0 Å². The van der Waals surface area contributed by atoms with Gasteiger partial charge in [-0.25, -0.2) is 0 Å². The first kappa shape index (κ1) is 20.3. The summed E-state index contributed by atoms with van der Waals surface area (Å²) in [5, 5.41) is 11.0. The summed E-state index contributed by atoms with van der Waals surface area (Å²) in [5.74, 6) is 0.921. The van der Waals surface area contributed by atoms with Gasteiger partial charge in [0.05, 0.1) is 10.5 Å². The van der Waals surface area contributed by atoms with Crippen molar-refractivity contribution in [2.75, 3.05) is 0 Å². The number of hydrogen-bond acceptors (Lipinski definition) is 5. The number of nitrogens with zero attached hydrogens (tertiary/aromatic N) is 1. The number of non-ortho nitro benzene ring substituents is 1. The number of Topliss-reactive ketones (excluding diaryl/α,β-unsaturated/α-hetero) is 1. The van der Waals surface area contributed by atoms with Gasteiger partial charge in [-0.15, -0.1) is 0 Å². The molecule has 1 aliphatic heterocycles. The lowest BCUT2D eigenvalue weighted by Gasteiger charge is -2.11. The average molecular weight is 415 g/mol. The van der Waals surface area contributed by atoms with Crippen LogP contribution in [-0.4, -0.2) is 10.7 Å². The van der Waals surface area contributed by atoms with Crippen LogP contribution in [0.15, 0.2) is 60.4 Å². The highest BCUT2D eigenvalue weighted by Crippen LogP contribution is 2.38. The largest absolute Gasteiger partial charge is 0.489 e. The Bertz CT molecular complexity index is 1240. The highest BCUT2D eigenvalue weighted by atomic mass is 16.6. The monoisotopic (exact) mass is 415 g/mol. The van der Waals surface area contributed by atoms with Crippen LogP contribution in [0.25, 0.3) is 6.08 Å². The minimum absolute atomic E-state index is 0.0457. The number of benzene rings is 3. The molecule has 3 aromatic carbocycles. The summed E-state index contributed by atoms with van der Waals surface area (Å²) in [6, 6.07) is 15.8. The number of allylic oxidation sites excluding steroid dienone is 1. The molecule has 4 rings (SSSR count). The number of fused-ring (bicyclic) bond motifs is 1. The smallest absolute Gasteiger partial charge is 0.270 e. The zero-order valence-electron chi connectivity index (χ0n) is 17.5. The van der Waals surface area contributed by atoms with Crippen LogP contribution in [0.5, 0.6) is 11.5 Å². The lowest BCUT2D eigenvalue weighted by molar-refractivity contribution is -0.384. The van der Waals surface area contributed by atoms with Crippen molar-refractivity contribution in [1.82, 2.24) is 0 Å². The van der Waals surface area contributed by atoms with Crippen molar-refractivity contribution in [3.05, 3.63) is 104 Å². The van der Waals surface area contributed by atoms with Gasteiger partial charge in [-0.05, 0) is 55.2 Å². The van der Waals surface area contributed by atoms with Gasteiger partial charge in [-0.2, -0.15) is 0 Å². The molecule has 0 N–H and O–H groups in total. The van der Waals surface area contributed by atoms with Gasteiger partial charge in [0.25, 0.3) is 5.69 Å². The van der Waals surface area contributed by atoms with E-state index >= 15 is 0 Å². The Morgan fingerprint density at radius 1 is 1.03 bits per heavy atom. The predicted molar refractivity (Wildman–Crippen MR) is 117 cm³/mol. The maximum atomic E-state index is 12.8. The number of carbonyl (C=O) groups excluding carboxylic acids is 1. The molecular formula is C25H21NO5. The summed E-state index contributed by atoms with van der Waals surface area (Å²) in [6.45, 7) is 6.33. The van der Waals surface area contributed by atoms with Crippen LogP contribution in [-0.2, 0) is 6.61 Å². The van der Waals surface area contributed by atoms with E-state index in [0.29, 0.717) is 29.2 Å². The SMILES string of the molecule is Cc1ccc(C)c(COc2cc(C)c3c(c2)O/C(=C\c2cccc([N+](=O)[O-])c2)C3=O)c1. The zero-order chi connectivity index (χ0) is 22.1. The molecule has 0 spiro atoms. The number of hydrogen-bond donors (Lipinski definition) is 0. The van der Waals surface area contributed by atoms with Gasteiger partial charge < -0.3 is 9.47 Å². The quantitative estimate of drug-likeness (QED) is 0.303. The molecule has 6 nitrogen and oxygen atoms in total. The van der Waals surface area contributed by atoms with Gasteiger partial charge in [0.15, 0.2) is 5.76 Å². The van der Waals surface area contributed by atoms with Crippen molar-refractivity contribution in [2.45, 2.75) is 27.4 Å². The Labute approximate surface area is 179 Å². The molecule has 6 heteroatoms. The molecule has 31 heavy (non-hydrogen) atoms. The number of rotatable bonds is 5. The van der Waals surface area contributed by atoms with Crippen LogP contribution < -0.4 is 9.47 Å². The Hall–Kier alpha value is -3.93. The van der Waals surface area contributed by atoms with E-state index in [9.17, 15) is 14.9 Å². The molecule has 0 radical (unpaired) electrons.